The van der Waals surface area contributed by atoms with Crippen LogP contribution in [0.1, 0.15) is 61.6 Å². The van der Waals surface area contributed by atoms with Gasteiger partial charge in [-0.25, -0.2) is 0 Å². The topological polar surface area (TPSA) is 57.0 Å². The third kappa shape index (κ3) is 4.55. The van der Waals surface area contributed by atoms with Gasteiger partial charge in [0.2, 0.25) is 0 Å². The third-order valence-corrected chi connectivity index (χ3v) is 9.05. The Hall–Kier alpha value is -3.16. The number of benzene rings is 2. The molecule has 6 rings (SSSR count). The van der Waals surface area contributed by atoms with E-state index in [2.05, 4.69) is 40.2 Å². The Balaban J connectivity index is 1.10. The summed E-state index contributed by atoms with van der Waals surface area (Å²) in [5.74, 6) is 1.97. The van der Waals surface area contributed by atoms with Crippen LogP contribution in [0.15, 0.2) is 48.7 Å². The first kappa shape index (κ1) is 24.2. The Morgan fingerprint density at radius 2 is 1.89 bits per heavy atom. The number of hydrogen-bond acceptors (Lipinski definition) is 4. The van der Waals surface area contributed by atoms with Crippen LogP contribution in [-0.4, -0.2) is 27.1 Å². The van der Waals surface area contributed by atoms with Gasteiger partial charge in [0.15, 0.2) is 0 Å². The van der Waals surface area contributed by atoms with Crippen molar-refractivity contribution in [2.75, 3.05) is 0 Å². The molecule has 0 unspecified atom stereocenters. The van der Waals surface area contributed by atoms with Crippen molar-refractivity contribution >= 4 is 5.78 Å². The summed E-state index contributed by atoms with van der Waals surface area (Å²) in [6.07, 6.45) is 4.12. The van der Waals surface area contributed by atoms with Crippen molar-refractivity contribution in [3.8, 4) is 17.0 Å². The molecule has 3 aliphatic rings. The first-order valence-electron chi connectivity index (χ1n) is 13.1. The summed E-state index contributed by atoms with van der Waals surface area (Å²) in [4.78, 5) is 12.6. The van der Waals surface area contributed by atoms with Crippen LogP contribution in [0.4, 0.5) is 13.2 Å². The molecule has 0 aliphatic heterocycles. The number of hydrogen-bond donors (Lipinski definition) is 0. The van der Waals surface area contributed by atoms with E-state index < -0.39 is 6.36 Å². The van der Waals surface area contributed by atoms with Gasteiger partial charge >= 0.3 is 6.36 Å². The van der Waals surface area contributed by atoms with Crippen LogP contribution in [0.2, 0.25) is 0 Å². The van der Waals surface area contributed by atoms with Gasteiger partial charge in [0.25, 0.3) is 0 Å². The van der Waals surface area contributed by atoms with Gasteiger partial charge in [0.05, 0.1) is 6.20 Å². The zero-order valence-corrected chi connectivity index (χ0v) is 20.8. The fourth-order valence-electron chi connectivity index (χ4n) is 7.17. The second-order valence-corrected chi connectivity index (χ2v) is 11.1. The molecule has 5 nitrogen and oxygen atoms in total. The lowest BCUT2D eigenvalue weighted by molar-refractivity contribution is -0.274. The monoisotopic (exact) mass is 509 g/mol. The molecule has 0 bridgehead atoms. The molecular weight excluding hydrogens is 479 g/mol. The molecule has 8 heteroatoms. The summed E-state index contributed by atoms with van der Waals surface area (Å²) in [7, 11) is 0. The molecule has 3 aliphatic carbocycles. The number of halogens is 3. The average Bonchev–Trinajstić information content (AvgIpc) is 3.46. The van der Waals surface area contributed by atoms with Gasteiger partial charge in [0, 0.05) is 23.9 Å². The van der Waals surface area contributed by atoms with Crippen molar-refractivity contribution in [1.82, 2.24) is 15.0 Å². The molecule has 0 spiro atoms. The van der Waals surface area contributed by atoms with E-state index in [4.69, 9.17) is 0 Å². The van der Waals surface area contributed by atoms with Crippen LogP contribution < -0.4 is 4.74 Å². The number of carbonyl (C=O) groups excluding carboxylic acids is 1. The molecule has 1 aromatic heterocycles. The van der Waals surface area contributed by atoms with E-state index in [0.29, 0.717) is 41.3 Å². The van der Waals surface area contributed by atoms with Crippen LogP contribution in [-0.2, 0) is 24.2 Å². The van der Waals surface area contributed by atoms with Crippen molar-refractivity contribution in [2.24, 2.45) is 17.3 Å². The molecule has 0 amide bonds. The molecule has 1 heterocycles. The maximum Gasteiger partial charge on any atom is 0.573 e. The van der Waals surface area contributed by atoms with Crippen LogP contribution in [0, 0.1) is 17.3 Å². The highest BCUT2D eigenvalue weighted by Gasteiger charge is 2.54. The first-order chi connectivity index (χ1) is 17.7. The van der Waals surface area contributed by atoms with E-state index in [1.807, 2.05) is 6.20 Å². The number of alkyl halides is 3. The summed E-state index contributed by atoms with van der Waals surface area (Å²) in [6.45, 7) is 2.88. The predicted octanol–water partition coefficient (Wildman–Crippen LogP) is 6.51. The molecule has 37 heavy (non-hydrogen) atoms. The number of Topliss-reactive ketones (excluding diaryl/α,β-unsaturated/α-hetero) is 1. The minimum Gasteiger partial charge on any atom is -0.406 e. The van der Waals surface area contributed by atoms with Crippen molar-refractivity contribution in [3.05, 3.63) is 65.4 Å². The number of rotatable bonds is 5. The summed E-state index contributed by atoms with van der Waals surface area (Å²) in [5, 5.41) is 8.38. The molecule has 0 radical (unpaired) electrons. The van der Waals surface area contributed by atoms with E-state index in [0.717, 1.165) is 38.5 Å². The Morgan fingerprint density at radius 1 is 1.08 bits per heavy atom. The van der Waals surface area contributed by atoms with Crippen molar-refractivity contribution < 1.29 is 22.7 Å². The van der Waals surface area contributed by atoms with Gasteiger partial charge in [-0.05, 0) is 97.2 Å². The maximum absolute atomic E-state index is 12.6. The lowest BCUT2D eigenvalue weighted by Crippen LogP contribution is -2.42. The minimum absolute atomic E-state index is 0.0891. The number of nitrogens with zero attached hydrogens (tertiary/aromatic N) is 3. The van der Waals surface area contributed by atoms with Gasteiger partial charge in [-0.3, -0.25) is 9.48 Å². The second-order valence-electron chi connectivity index (χ2n) is 11.1. The lowest BCUT2D eigenvalue weighted by Gasteiger charge is -2.48. The van der Waals surface area contributed by atoms with Crippen molar-refractivity contribution in [2.45, 2.75) is 70.7 Å². The lowest BCUT2D eigenvalue weighted by atomic mass is 9.55. The fraction of sp³-hybridized carbons (Fsp3) is 0.483. The van der Waals surface area contributed by atoms with Gasteiger partial charge in [-0.15, -0.1) is 18.3 Å². The summed E-state index contributed by atoms with van der Waals surface area (Å²) in [6, 6.07) is 12.5. The van der Waals surface area contributed by atoms with Gasteiger partial charge in [0.1, 0.15) is 17.2 Å². The second kappa shape index (κ2) is 8.99. The van der Waals surface area contributed by atoms with Crippen LogP contribution in [0.3, 0.4) is 0 Å². The van der Waals surface area contributed by atoms with E-state index in [1.165, 1.54) is 35.2 Å². The smallest absolute Gasteiger partial charge is 0.406 e. The zero-order valence-electron chi connectivity index (χ0n) is 20.8. The highest BCUT2D eigenvalue weighted by molar-refractivity contribution is 5.87. The third-order valence-electron chi connectivity index (χ3n) is 9.05. The summed E-state index contributed by atoms with van der Waals surface area (Å²) < 4.78 is 42.8. The van der Waals surface area contributed by atoms with Gasteiger partial charge in [-0.1, -0.05) is 30.3 Å². The SMILES string of the molecule is C[C@]12CC[C@@H]3c4ccc(CCn5cc(-c6ccc(OC(F)(F)F)cc6)nn5)cc4CC[C@H]3[C@@H]1CCC2=O. The Bertz CT molecular complexity index is 1320. The Kier molecular flexibility index (Phi) is 5.88. The number of aryl methyl sites for hydroxylation is 3. The Labute approximate surface area is 214 Å². The van der Waals surface area contributed by atoms with E-state index >= 15 is 0 Å². The molecule has 2 saturated carbocycles. The van der Waals surface area contributed by atoms with Gasteiger partial charge in [-0.2, -0.15) is 0 Å². The molecule has 0 N–H and O–H groups in total. The Morgan fingerprint density at radius 3 is 2.68 bits per heavy atom. The highest BCUT2D eigenvalue weighted by atomic mass is 19.4. The zero-order chi connectivity index (χ0) is 25.8. The standard InChI is InChI=1S/C29H30F3N3O2/c1-28-14-12-23-22-8-2-18(16-20(22)5-9-24(23)25(28)10-11-27(28)36)13-15-35-17-26(33-34-35)19-3-6-21(7-4-19)37-29(30,31)32/h2-4,6-8,16-17,23-25H,5,9-15H2,1H3/t23-,24-,25+,28+/m1/s1. The number of carbonyl (C=O) groups is 1. The molecule has 2 fully saturated rings. The summed E-state index contributed by atoms with van der Waals surface area (Å²) in [5.41, 5.74) is 5.39. The highest BCUT2D eigenvalue weighted by Crippen LogP contribution is 2.59. The predicted molar refractivity (Wildman–Crippen MR) is 132 cm³/mol. The molecule has 3 aromatic rings. The molecule has 4 atom stereocenters. The van der Waals surface area contributed by atoms with Gasteiger partial charge < -0.3 is 4.74 Å². The molecule has 0 saturated heterocycles. The first-order valence-corrected chi connectivity index (χ1v) is 13.1. The fourth-order valence-corrected chi connectivity index (χ4v) is 7.17. The normalized spacial score (nSPS) is 26.9. The van der Waals surface area contributed by atoms with Crippen molar-refractivity contribution in [3.63, 3.8) is 0 Å². The van der Waals surface area contributed by atoms with Crippen LogP contribution in [0.25, 0.3) is 11.3 Å². The number of ether oxygens (including phenoxy) is 1. The number of fused-ring (bicyclic) bond motifs is 5. The average molecular weight is 510 g/mol. The molecule has 194 valence electrons. The number of aromatic nitrogens is 3. The van der Waals surface area contributed by atoms with E-state index in [1.54, 1.807) is 16.8 Å². The summed E-state index contributed by atoms with van der Waals surface area (Å²) >= 11 is 0. The van der Waals surface area contributed by atoms with E-state index in [9.17, 15) is 18.0 Å². The van der Waals surface area contributed by atoms with Crippen LogP contribution >= 0.6 is 0 Å². The van der Waals surface area contributed by atoms with Crippen molar-refractivity contribution in [1.29, 1.82) is 0 Å². The number of ketones is 1. The van der Waals surface area contributed by atoms with E-state index in [-0.39, 0.29) is 11.2 Å². The quantitative estimate of drug-likeness (QED) is 0.393. The molecular formula is C29H30F3N3O2. The van der Waals surface area contributed by atoms with Crippen LogP contribution in [0.5, 0.6) is 5.75 Å². The molecule has 2 aromatic carbocycles. The minimum atomic E-state index is -4.71. The maximum atomic E-state index is 12.6. The largest absolute Gasteiger partial charge is 0.573 e.